The van der Waals surface area contributed by atoms with E-state index >= 15 is 0 Å². The van der Waals surface area contributed by atoms with Gasteiger partial charge in [0.2, 0.25) is 0 Å². The van der Waals surface area contributed by atoms with Crippen LogP contribution in [-0.4, -0.2) is 40.8 Å². The molecule has 102 valence electrons. The van der Waals surface area contributed by atoms with Gasteiger partial charge in [-0.3, -0.25) is 4.79 Å². The minimum absolute atomic E-state index is 0.474. The maximum absolute atomic E-state index is 11.3. The van der Waals surface area contributed by atoms with Crippen LogP contribution in [0, 0.1) is 5.92 Å². The van der Waals surface area contributed by atoms with Gasteiger partial charge in [-0.05, 0) is 18.8 Å². The van der Waals surface area contributed by atoms with Gasteiger partial charge in [-0.15, -0.1) is 0 Å². The van der Waals surface area contributed by atoms with E-state index in [9.17, 15) is 14.4 Å². The molecule has 1 rings (SSSR count). The van der Waals surface area contributed by atoms with Crippen molar-refractivity contribution in [3.63, 3.8) is 0 Å². The first kappa shape index (κ1) is 14.3. The number of aliphatic carboxylic acids is 2. The summed E-state index contributed by atoms with van der Waals surface area (Å²) in [6.45, 7) is 0.474. The van der Waals surface area contributed by atoms with Gasteiger partial charge in [-0.2, -0.15) is 0 Å². The lowest BCUT2D eigenvalue weighted by molar-refractivity contribution is -0.145. The molecule has 7 heteroatoms. The van der Waals surface area contributed by atoms with Gasteiger partial charge in [0.1, 0.15) is 6.04 Å². The molecule has 0 aliphatic heterocycles. The summed E-state index contributed by atoms with van der Waals surface area (Å²) in [6, 6.07) is -2.04. The number of carbonyl (C=O) groups excluding carboxylic acids is 1. The Kier molecular flexibility index (Phi) is 5.41. The molecule has 1 aliphatic rings. The molecule has 0 aromatic heterocycles. The van der Waals surface area contributed by atoms with E-state index in [1.807, 2.05) is 0 Å². The van der Waals surface area contributed by atoms with Crippen LogP contribution in [0.4, 0.5) is 4.79 Å². The van der Waals surface area contributed by atoms with Crippen molar-refractivity contribution >= 4 is 18.0 Å². The highest BCUT2D eigenvalue weighted by atomic mass is 16.4. The van der Waals surface area contributed by atoms with Crippen LogP contribution in [0.2, 0.25) is 0 Å². The van der Waals surface area contributed by atoms with E-state index < -0.39 is 30.4 Å². The first-order chi connectivity index (χ1) is 8.49. The largest absolute Gasteiger partial charge is 0.481 e. The zero-order valence-electron chi connectivity index (χ0n) is 10.0. The summed E-state index contributed by atoms with van der Waals surface area (Å²) >= 11 is 0. The quantitative estimate of drug-likeness (QED) is 0.470. The second-order valence-corrected chi connectivity index (χ2v) is 4.47. The number of hydrogen-bond donors (Lipinski definition) is 4. The fourth-order valence-electron chi connectivity index (χ4n) is 1.58. The van der Waals surface area contributed by atoms with Gasteiger partial charge < -0.3 is 20.8 Å². The molecule has 1 aliphatic carbocycles. The number of rotatable bonds is 8. The number of carbonyl (C=O) groups is 3. The van der Waals surface area contributed by atoms with Crippen LogP contribution in [0.25, 0.3) is 0 Å². The standard InChI is InChI=1S/C11H18N2O5/c14-9(15)6-8(10(16)17)13-11(18)12-5-1-2-7-3-4-7/h7-8H,1-6H2,(H,14,15)(H,16,17)(H2,12,13,18). The van der Waals surface area contributed by atoms with Gasteiger partial charge in [-0.25, -0.2) is 9.59 Å². The van der Waals surface area contributed by atoms with Crippen molar-refractivity contribution in [2.75, 3.05) is 6.54 Å². The molecule has 1 atom stereocenters. The van der Waals surface area contributed by atoms with E-state index in [-0.39, 0.29) is 0 Å². The van der Waals surface area contributed by atoms with Gasteiger partial charge in [0.05, 0.1) is 6.42 Å². The Morgan fingerprint density at radius 3 is 2.39 bits per heavy atom. The summed E-state index contributed by atoms with van der Waals surface area (Å²) in [5, 5.41) is 21.8. The summed E-state index contributed by atoms with van der Waals surface area (Å²) in [5.41, 5.74) is 0. The monoisotopic (exact) mass is 258 g/mol. The number of carboxylic acid groups (broad SMARTS) is 2. The molecule has 0 radical (unpaired) electrons. The second-order valence-electron chi connectivity index (χ2n) is 4.47. The molecule has 1 unspecified atom stereocenters. The normalized spacial score (nSPS) is 15.8. The number of carboxylic acids is 2. The lowest BCUT2D eigenvalue weighted by atomic mass is 10.2. The summed E-state index contributed by atoms with van der Waals surface area (Å²) in [6.07, 6.45) is 3.80. The van der Waals surface area contributed by atoms with Gasteiger partial charge in [0, 0.05) is 6.54 Å². The molecule has 1 saturated carbocycles. The average Bonchev–Trinajstić information content (AvgIpc) is 3.06. The van der Waals surface area contributed by atoms with E-state index in [2.05, 4.69) is 10.6 Å². The molecule has 1 fully saturated rings. The molecule has 0 saturated heterocycles. The molecule has 18 heavy (non-hydrogen) atoms. The molecule has 0 heterocycles. The summed E-state index contributed by atoms with van der Waals surface area (Å²) in [4.78, 5) is 32.4. The van der Waals surface area contributed by atoms with Crippen molar-refractivity contribution in [1.82, 2.24) is 10.6 Å². The predicted octanol–water partition coefficient (Wildman–Crippen LogP) is 0.404. The number of hydrogen-bond acceptors (Lipinski definition) is 3. The summed E-state index contributed by atoms with van der Waals surface area (Å²) in [7, 11) is 0. The van der Waals surface area contributed by atoms with Gasteiger partial charge >= 0.3 is 18.0 Å². The van der Waals surface area contributed by atoms with Crippen LogP contribution in [0.1, 0.15) is 32.1 Å². The van der Waals surface area contributed by atoms with Crippen molar-refractivity contribution in [2.45, 2.75) is 38.1 Å². The van der Waals surface area contributed by atoms with Crippen LogP contribution in [0.5, 0.6) is 0 Å². The van der Waals surface area contributed by atoms with E-state index in [0.29, 0.717) is 6.54 Å². The Bertz CT molecular complexity index is 327. The van der Waals surface area contributed by atoms with Crippen LogP contribution >= 0.6 is 0 Å². The highest BCUT2D eigenvalue weighted by molar-refractivity contribution is 5.86. The fourth-order valence-corrected chi connectivity index (χ4v) is 1.58. The fraction of sp³-hybridized carbons (Fsp3) is 0.727. The number of amides is 2. The topological polar surface area (TPSA) is 116 Å². The highest BCUT2D eigenvalue weighted by Gasteiger charge is 2.23. The Hall–Kier alpha value is -1.79. The molecule has 0 aromatic rings. The number of urea groups is 1. The molecule has 2 amide bonds. The van der Waals surface area contributed by atoms with Crippen LogP contribution < -0.4 is 10.6 Å². The third-order valence-electron chi connectivity index (χ3n) is 2.75. The number of nitrogens with one attached hydrogen (secondary N) is 2. The van der Waals surface area contributed by atoms with Crippen molar-refractivity contribution in [3.05, 3.63) is 0 Å². The van der Waals surface area contributed by atoms with Crippen molar-refractivity contribution < 1.29 is 24.6 Å². The zero-order valence-corrected chi connectivity index (χ0v) is 10.0. The van der Waals surface area contributed by atoms with Crippen LogP contribution in [-0.2, 0) is 9.59 Å². The summed E-state index contributed by atoms with van der Waals surface area (Å²) < 4.78 is 0. The van der Waals surface area contributed by atoms with E-state index in [1.54, 1.807) is 0 Å². The van der Waals surface area contributed by atoms with Crippen molar-refractivity contribution in [2.24, 2.45) is 5.92 Å². The smallest absolute Gasteiger partial charge is 0.326 e. The minimum Gasteiger partial charge on any atom is -0.481 e. The van der Waals surface area contributed by atoms with Crippen LogP contribution in [0.15, 0.2) is 0 Å². The Labute approximate surface area is 105 Å². The maximum Gasteiger partial charge on any atom is 0.326 e. The molecular weight excluding hydrogens is 240 g/mol. The summed E-state index contributed by atoms with van der Waals surface area (Å²) in [5.74, 6) is -1.84. The minimum atomic E-state index is -1.40. The first-order valence-corrected chi connectivity index (χ1v) is 5.98. The molecule has 7 nitrogen and oxygen atoms in total. The highest BCUT2D eigenvalue weighted by Crippen LogP contribution is 2.33. The second kappa shape index (κ2) is 6.83. The van der Waals surface area contributed by atoms with E-state index in [4.69, 9.17) is 10.2 Å². The SMILES string of the molecule is O=C(O)CC(NC(=O)NCCCC1CC1)C(=O)O. The third-order valence-corrected chi connectivity index (χ3v) is 2.75. The molecule has 4 N–H and O–H groups in total. The molecule has 0 bridgehead atoms. The Morgan fingerprint density at radius 2 is 1.89 bits per heavy atom. The zero-order chi connectivity index (χ0) is 13.5. The van der Waals surface area contributed by atoms with E-state index in [1.165, 1.54) is 12.8 Å². The van der Waals surface area contributed by atoms with Gasteiger partial charge in [0.15, 0.2) is 0 Å². The van der Waals surface area contributed by atoms with Gasteiger partial charge in [-0.1, -0.05) is 12.8 Å². The van der Waals surface area contributed by atoms with Gasteiger partial charge in [0.25, 0.3) is 0 Å². The molecule has 0 aromatic carbocycles. The lowest BCUT2D eigenvalue weighted by Crippen LogP contribution is -2.47. The van der Waals surface area contributed by atoms with E-state index in [0.717, 1.165) is 18.8 Å². The first-order valence-electron chi connectivity index (χ1n) is 5.98. The average molecular weight is 258 g/mol. The Morgan fingerprint density at radius 1 is 1.22 bits per heavy atom. The Balaban J connectivity index is 2.17. The maximum atomic E-state index is 11.3. The van der Waals surface area contributed by atoms with Crippen LogP contribution in [0.3, 0.4) is 0 Å². The molecular formula is C11H18N2O5. The van der Waals surface area contributed by atoms with Crippen molar-refractivity contribution in [1.29, 1.82) is 0 Å². The predicted molar refractivity (Wildman–Crippen MR) is 62.2 cm³/mol. The lowest BCUT2D eigenvalue weighted by Gasteiger charge is -2.13. The third kappa shape index (κ3) is 6.07. The van der Waals surface area contributed by atoms with Crippen molar-refractivity contribution in [3.8, 4) is 0 Å². The molecule has 0 spiro atoms.